The summed E-state index contributed by atoms with van der Waals surface area (Å²) < 4.78 is 29.6. The Kier molecular flexibility index (Phi) is 6.03. The SMILES string of the molecule is CC(=O)N1CCC(n2c(Nc3ccc(F)cc3F)nc3cnc(N[C@H]4CC[C@H](O)CC4)nc32)C1. The fourth-order valence-corrected chi connectivity index (χ4v) is 4.75. The predicted octanol–water partition coefficient (Wildman–Crippen LogP) is 3.36. The van der Waals surface area contributed by atoms with Gasteiger partial charge in [0.05, 0.1) is 24.0 Å². The number of likely N-dealkylation sites (tertiary alicyclic amines) is 1. The van der Waals surface area contributed by atoms with Crippen LogP contribution in [-0.4, -0.2) is 60.7 Å². The highest BCUT2D eigenvalue weighted by molar-refractivity contribution is 5.77. The van der Waals surface area contributed by atoms with Crippen molar-refractivity contribution in [3.05, 3.63) is 36.0 Å². The number of aliphatic hydroxyl groups excluding tert-OH is 1. The summed E-state index contributed by atoms with van der Waals surface area (Å²) in [6.07, 6.45) is 5.18. The van der Waals surface area contributed by atoms with Crippen LogP contribution in [0.25, 0.3) is 11.2 Å². The summed E-state index contributed by atoms with van der Waals surface area (Å²) in [4.78, 5) is 27.4. The second-order valence-corrected chi connectivity index (χ2v) is 9.01. The van der Waals surface area contributed by atoms with Gasteiger partial charge in [0.1, 0.15) is 17.2 Å². The highest BCUT2D eigenvalue weighted by Gasteiger charge is 2.30. The Morgan fingerprint density at radius 2 is 1.94 bits per heavy atom. The molecule has 0 bridgehead atoms. The number of nitrogens with one attached hydrogen (secondary N) is 2. The molecule has 2 aromatic heterocycles. The van der Waals surface area contributed by atoms with Crippen molar-refractivity contribution in [2.45, 2.75) is 57.2 Å². The van der Waals surface area contributed by atoms with Crippen molar-refractivity contribution in [1.29, 1.82) is 0 Å². The molecule has 0 radical (unpaired) electrons. The third-order valence-electron chi connectivity index (χ3n) is 6.61. The lowest BCUT2D eigenvalue weighted by molar-refractivity contribution is -0.127. The van der Waals surface area contributed by atoms with Gasteiger partial charge in [-0.05, 0) is 44.2 Å². The number of anilines is 3. The lowest BCUT2D eigenvalue weighted by Crippen LogP contribution is -2.29. The van der Waals surface area contributed by atoms with Crippen molar-refractivity contribution in [2.24, 2.45) is 0 Å². The van der Waals surface area contributed by atoms with Crippen LogP contribution in [-0.2, 0) is 4.79 Å². The van der Waals surface area contributed by atoms with Gasteiger partial charge in [0, 0.05) is 32.1 Å². The molecular formula is C23H27F2N7O2. The maximum absolute atomic E-state index is 14.4. The molecule has 1 aliphatic carbocycles. The van der Waals surface area contributed by atoms with Gasteiger partial charge in [-0.1, -0.05) is 0 Å². The maximum Gasteiger partial charge on any atom is 0.224 e. The number of halogens is 2. The van der Waals surface area contributed by atoms with E-state index in [0.29, 0.717) is 42.6 Å². The molecular weight excluding hydrogens is 444 g/mol. The van der Waals surface area contributed by atoms with E-state index in [4.69, 9.17) is 4.98 Å². The van der Waals surface area contributed by atoms with E-state index in [1.54, 1.807) is 11.1 Å². The van der Waals surface area contributed by atoms with Crippen LogP contribution in [0.4, 0.5) is 26.4 Å². The zero-order valence-corrected chi connectivity index (χ0v) is 18.8. The Balaban J connectivity index is 1.50. The summed E-state index contributed by atoms with van der Waals surface area (Å²) in [5.74, 6) is -0.605. The zero-order chi connectivity index (χ0) is 23.8. The van der Waals surface area contributed by atoms with Crippen LogP contribution in [0.5, 0.6) is 0 Å². The lowest BCUT2D eigenvalue weighted by Gasteiger charge is -2.26. The first-order chi connectivity index (χ1) is 16.4. The van der Waals surface area contributed by atoms with Crippen molar-refractivity contribution in [1.82, 2.24) is 24.4 Å². The molecule has 9 nitrogen and oxygen atoms in total. The Labute approximate surface area is 195 Å². The molecule has 180 valence electrons. The molecule has 1 saturated heterocycles. The monoisotopic (exact) mass is 471 g/mol. The van der Waals surface area contributed by atoms with Gasteiger partial charge < -0.3 is 20.6 Å². The van der Waals surface area contributed by atoms with Gasteiger partial charge in [-0.3, -0.25) is 9.36 Å². The summed E-state index contributed by atoms with van der Waals surface area (Å²) in [6.45, 7) is 2.62. The predicted molar refractivity (Wildman–Crippen MR) is 123 cm³/mol. The van der Waals surface area contributed by atoms with Crippen LogP contribution in [0.3, 0.4) is 0 Å². The molecule has 2 fully saturated rings. The molecule has 1 amide bonds. The summed E-state index contributed by atoms with van der Waals surface area (Å²) in [5.41, 5.74) is 1.18. The number of rotatable bonds is 5. The number of aliphatic hydroxyl groups is 1. The first-order valence-electron chi connectivity index (χ1n) is 11.5. The molecule has 1 atom stereocenters. The van der Waals surface area contributed by atoms with Gasteiger partial charge in [-0.15, -0.1) is 0 Å². The Bertz CT molecular complexity index is 1210. The first-order valence-corrected chi connectivity index (χ1v) is 11.5. The van der Waals surface area contributed by atoms with Crippen LogP contribution in [0.15, 0.2) is 24.4 Å². The van der Waals surface area contributed by atoms with Crippen molar-refractivity contribution < 1.29 is 18.7 Å². The quantitative estimate of drug-likeness (QED) is 0.524. The fraction of sp³-hybridized carbons (Fsp3) is 0.478. The Morgan fingerprint density at radius 1 is 1.15 bits per heavy atom. The number of hydrogen-bond acceptors (Lipinski definition) is 7. The number of imidazole rings is 1. The van der Waals surface area contributed by atoms with E-state index in [-0.39, 0.29) is 29.8 Å². The van der Waals surface area contributed by atoms with Gasteiger partial charge in [0.2, 0.25) is 17.8 Å². The van der Waals surface area contributed by atoms with Crippen LogP contribution in [0.1, 0.15) is 45.1 Å². The van der Waals surface area contributed by atoms with E-state index in [0.717, 1.165) is 31.7 Å². The van der Waals surface area contributed by atoms with Gasteiger partial charge >= 0.3 is 0 Å². The minimum absolute atomic E-state index is 0.0116. The molecule has 5 rings (SSSR count). The fourth-order valence-electron chi connectivity index (χ4n) is 4.75. The third-order valence-corrected chi connectivity index (χ3v) is 6.61. The standard InChI is InChI=1S/C23H27F2N7O2/c1-13(33)31-9-8-16(12-31)32-21-20(29-23(32)28-19-7-2-14(24)10-18(19)25)11-26-22(30-21)27-15-3-5-17(34)6-4-15/h2,7,10-11,15-17,34H,3-6,8-9,12H2,1H3,(H,28,29)(H,26,27,30)/t15-,16?,17-. The normalized spacial score (nSPS) is 22.8. The molecule has 34 heavy (non-hydrogen) atoms. The lowest BCUT2D eigenvalue weighted by atomic mass is 9.93. The van der Waals surface area contributed by atoms with Crippen molar-refractivity contribution >= 4 is 34.7 Å². The number of aromatic nitrogens is 4. The molecule has 11 heteroatoms. The van der Waals surface area contributed by atoms with Crippen LogP contribution < -0.4 is 10.6 Å². The minimum atomic E-state index is -0.733. The molecule has 2 aliphatic rings. The number of nitrogens with zero attached hydrogens (tertiary/aromatic N) is 5. The Morgan fingerprint density at radius 3 is 2.65 bits per heavy atom. The smallest absolute Gasteiger partial charge is 0.224 e. The molecule has 1 unspecified atom stereocenters. The molecule has 0 spiro atoms. The van der Waals surface area contributed by atoms with Gasteiger partial charge in [0.25, 0.3) is 0 Å². The van der Waals surface area contributed by atoms with Crippen LogP contribution >= 0.6 is 0 Å². The summed E-state index contributed by atoms with van der Waals surface area (Å²) in [5, 5.41) is 16.1. The average Bonchev–Trinajstić information content (AvgIpc) is 3.41. The Hall–Kier alpha value is -3.34. The second kappa shape index (κ2) is 9.13. The van der Waals surface area contributed by atoms with Gasteiger partial charge in [0.15, 0.2) is 5.65 Å². The van der Waals surface area contributed by atoms with E-state index in [1.807, 2.05) is 4.57 Å². The van der Waals surface area contributed by atoms with Crippen molar-refractivity contribution in [3.8, 4) is 0 Å². The molecule has 3 aromatic rings. The zero-order valence-electron chi connectivity index (χ0n) is 18.8. The van der Waals surface area contributed by atoms with E-state index >= 15 is 0 Å². The summed E-state index contributed by atoms with van der Waals surface area (Å²) >= 11 is 0. The largest absolute Gasteiger partial charge is 0.393 e. The highest BCUT2D eigenvalue weighted by Crippen LogP contribution is 2.32. The van der Waals surface area contributed by atoms with Crippen LogP contribution in [0, 0.1) is 11.6 Å². The van der Waals surface area contributed by atoms with Crippen molar-refractivity contribution in [2.75, 3.05) is 23.7 Å². The third kappa shape index (κ3) is 4.52. The summed E-state index contributed by atoms with van der Waals surface area (Å²) in [7, 11) is 0. The summed E-state index contributed by atoms with van der Waals surface area (Å²) in [6, 6.07) is 3.36. The molecule has 3 heterocycles. The highest BCUT2D eigenvalue weighted by atomic mass is 19.1. The molecule has 1 saturated carbocycles. The van der Waals surface area contributed by atoms with Gasteiger partial charge in [-0.25, -0.2) is 18.7 Å². The van der Waals surface area contributed by atoms with Gasteiger partial charge in [-0.2, -0.15) is 4.98 Å². The number of benzene rings is 1. The molecule has 3 N–H and O–H groups in total. The van der Waals surface area contributed by atoms with Crippen LogP contribution in [0.2, 0.25) is 0 Å². The van der Waals surface area contributed by atoms with E-state index in [9.17, 15) is 18.7 Å². The topological polar surface area (TPSA) is 108 Å². The minimum Gasteiger partial charge on any atom is -0.393 e. The number of carbonyl (C=O) groups is 1. The average molecular weight is 472 g/mol. The van der Waals surface area contributed by atoms with E-state index < -0.39 is 11.6 Å². The number of amides is 1. The van der Waals surface area contributed by atoms with E-state index in [2.05, 4.69) is 20.6 Å². The molecule has 1 aromatic carbocycles. The first kappa shape index (κ1) is 22.5. The van der Waals surface area contributed by atoms with E-state index in [1.165, 1.54) is 19.1 Å². The molecule has 1 aliphatic heterocycles. The number of fused-ring (bicyclic) bond motifs is 1. The number of hydrogen-bond donors (Lipinski definition) is 3. The second-order valence-electron chi connectivity index (χ2n) is 9.01. The maximum atomic E-state index is 14.4. The number of carbonyl (C=O) groups excluding carboxylic acids is 1. The van der Waals surface area contributed by atoms with Crippen molar-refractivity contribution in [3.63, 3.8) is 0 Å².